The fourth-order valence-corrected chi connectivity index (χ4v) is 2.30. The summed E-state index contributed by atoms with van der Waals surface area (Å²) in [5.74, 6) is -0.0689. The smallest absolute Gasteiger partial charge is 0.251 e. The third-order valence-corrected chi connectivity index (χ3v) is 3.48. The molecule has 2 rings (SSSR count). The molecule has 0 saturated heterocycles. The average molecular weight is 301 g/mol. The lowest BCUT2D eigenvalue weighted by molar-refractivity contribution is 0.0951. The number of benzene rings is 2. The lowest BCUT2D eigenvalue weighted by atomic mass is 10.1. The summed E-state index contributed by atoms with van der Waals surface area (Å²) in [7, 11) is 1.88. The van der Waals surface area contributed by atoms with Crippen LogP contribution in [0.25, 0.3) is 0 Å². The molecule has 0 radical (unpaired) electrons. The molecular formula is C16H19N3OS. The highest BCUT2D eigenvalue weighted by molar-refractivity contribution is 7.99. The number of rotatable bonds is 6. The minimum absolute atomic E-state index is 0.0689. The summed E-state index contributed by atoms with van der Waals surface area (Å²) in [5.41, 5.74) is 3.75. The van der Waals surface area contributed by atoms with E-state index >= 15 is 0 Å². The predicted molar refractivity (Wildman–Crippen MR) is 90.7 cm³/mol. The van der Waals surface area contributed by atoms with Gasteiger partial charge in [-0.1, -0.05) is 24.1 Å². The maximum atomic E-state index is 12.1. The van der Waals surface area contributed by atoms with Crippen LogP contribution < -0.4 is 15.4 Å². The van der Waals surface area contributed by atoms with Crippen LogP contribution in [-0.2, 0) is 6.54 Å². The van der Waals surface area contributed by atoms with Gasteiger partial charge < -0.3 is 15.4 Å². The van der Waals surface area contributed by atoms with E-state index < -0.39 is 0 Å². The van der Waals surface area contributed by atoms with E-state index in [1.54, 1.807) is 0 Å². The minimum Gasteiger partial charge on any atom is -0.388 e. The molecule has 0 unspecified atom stereocenters. The monoisotopic (exact) mass is 301 g/mol. The largest absolute Gasteiger partial charge is 0.388 e. The molecular weight excluding hydrogens is 282 g/mol. The summed E-state index contributed by atoms with van der Waals surface area (Å²) in [6, 6.07) is 15.4. The van der Waals surface area contributed by atoms with Gasteiger partial charge in [-0.05, 0) is 42.0 Å². The molecule has 0 heterocycles. The van der Waals surface area contributed by atoms with Gasteiger partial charge in [-0.2, -0.15) is 0 Å². The molecule has 110 valence electrons. The van der Waals surface area contributed by atoms with Crippen LogP contribution >= 0.6 is 11.9 Å². The van der Waals surface area contributed by atoms with Gasteiger partial charge in [0, 0.05) is 36.8 Å². The van der Waals surface area contributed by atoms with Crippen LogP contribution in [0.3, 0.4) is 0 Å². The second-order valence-corrected chi connectivity index (χ2v) is 5.13. The molecule has 0 atom stereocenters. The molecule has 4 nitrogen and oxygen atoms in total. The molecule has 0 aromatic heterocycles. The normalized spacial score (nSPS) is 10.0. The number of anilines is 2. The van der Waals surface area contributed by atoms with Crippen molar-refractivity contribution in [2.75, 3.05) is 23.3 Å². The van der Waals surface area contributed by atoms with Crippen LogP contribution in [0, 0.1) is 0 Å². The fourth-order valence-electron chi connectivity index (χ4n) is 1.93. The van der Waals surface area contributed by atoms with Crippen molar-refractivity contribution >= 4 is 29.2 Å². The molecule has 21 heavy (non-hydrogen) atoms. The summed E-state index contributed by atoms with van der Waals surface area (Å²) < 4.78 is 3.12. The van der Waals surface area contributed by atoms with Crippen LogP contribution in [0.1, 0.15) is 15.9 Å². The molecule has 0 spiro atoms. The van der Waals surface area contributed by atoms with Crippen molar-refractivity contribution in [3.63, 3.8) is 0 Å². The maximum absolute atomic E-state index is 12.1. The van der Waals surface area contributed by atoms with E-state index in [-0.39, 0.29) is 5.91 Å². The summed E-state index contributed by atoms with van der Waals surface area (Å²) in [6.07, 6.45) is 1.96. The molecule has 2 aromatic rings. The van der Waals surface area contributed by atoms with Gasteiger partial charge in [0.15, 0.2) is 0 Å². The van der Waals surface area contributed by atoms with Gasteiger partial charge in [-0.3, -0.25) is 4.79 Å². The van der Waals surface area contributed by atoms with Crippen LogP contribution in [0.5, 0.6) is 0 Å². The molecule has 0 aliphatic heterocycles. The van der Waals surface area contributed by atoms with Gasteiger partial charge in [0.1, 0.15) is 0 Å². The average Bonchev–Trinajstić information content (AvgIpc) is 2.54. The first kappa shape index (κ1) is 15.3. The van der Waals surface area contributed by atoms with Crippen LogP contribution in [0.4, 0.5) is 11.4 Å². The Morgan fingerprint density at radius 3 is 2.52 bits per heavy atom. The predicted octanol–water partition coefficient (Wildman–Crippen LogP) is 3.35. The van der Waals surface area contributed by atoms with E-state index in [9.17, 15) is 4.79 Å². The van der Waals surface area contributed by atoms with Crippen molar-refractivity contribution in [3.8, 4) is 0 Å². The lowest BCUT2D eigenvalue weighted by Gasteiger charge is -2.08. The Hall–Kier alpha value is -2.14. The molecule has 0 aliphatic rings. The van der Waals surface area contributed by atoms with E-state index in [2.05, 4.69) is 15.4 Å². The fraction of sp³-hybridized carbons (Fsp3) is 0.188. The SMILES string of the molecule is CNc1cccc(CNC(=O)c2ccc(NSC)cc2)c1. The number of amides is 1. The third-order valence-electron chi connectivity index (χ3n) is 3.04. The molecule has 2 aromatic carbocycles. The van der Waals surface area contributed by atoms with Crippen LogP contribution in [0.2, 0.25) is 0 Å². The zero-order chi connectivity index (χ0) is 15.1. The highest BCUT2D eigenvalue weighted by Gasteiger charge is 2.05. The van der Waals surface area contributed by atoms with Gasteiger partial charge >= 0.3 is 0 Å². The van der Waals surface area contributed by atoms with E-state index in [0.29, 0.717) is 12.1 Å². The highest BCUT2D eigenvalue weighted by atomic mass is 32.2. The molecule has 5 heteroatoms. The van der Waals surface area contributed by atoms with E-state index in [1.807, 2.05) is 61.8 Å². The van der Waals surface area contributed by atoms with Crippen molar-refractivity contribution in [1.82, 2.24) is 5.32 Å². The summed E-state index contributed by atoms with van der Waals surface area (Å²) in [5, 5.41) is 6.01. The quantitative estimate of drug-likeness (QED) is 0.716. The van der Waals surface area contributed by atoms with Gasteiger partial charge in [0.25, 0.3) is 5.91 Å². The van der Waals surface area contributed by atoms with Crippen LogP contribution in [0.15, 0.2) is 48.5 Å². The molecule has 0 bridgehead atoms. The van der Waals surface area contributed by atoms with Crippen molar-refractivity contribution < 1.29 is 4.79 Å². The number of hydrogen-bond acceptors (Lipinski definition) is 4. The number of nitrogens with one attached hydrogen (secondary N) is 3. The van der Waals surface area contributed by atoms with Gasteiger partial charge in [-0.15, -0.1) is 0 Å². The van der Waals surface area contributed by atoms with Crippen LogP contribution in [-0.4, -0.2) is 19.2 Å². The Labute approximate surface area is 129 Å². The molecule has 0 aliphatic carbocycles. The Morgan fingerprint density at radius 1 is 1.10 bits per heavy atom. The third kappa shape index (κ3) is 4.43. The van der Waals surface area contributed by atoms with E-state index in [0.717, 1.165) is 16.9 Å². The van der Waals surface area contributed by atoms with Crippen molar-refractivity contribution in [2.24, 2.45) is 0 Å². The molecule has 1 amide bonds. The van der Waals surface area contributed by atoms with Crippen molar-refractivity contribution in [1.29, 1.82) is 0 Å². The number of hydrogen-bond donors (Lipinski definition) is 3. The second kappa shape index (κ2) is 7.59. The second-order valence-electron chi connectivity index (χ2n) is 4.52. The van der Waals surface area contributed by atoms with Crippen molar-refractivity contribution in [2.45, 2.75) is 6.54 Å². The topological polar surface area (TPSA) is 53.2 Å². The Bertz CT molecular complexity index is 599. The molecule has 0 fully saturated rings. The van der Waals surface area contributed by atoms with Gasteiger partial charge in [-0.25, -0.2) is 0 Å². The molecule has 3 N–H and O–H groups in total. The summed E-state index contributed by atoms with van der Waals surface area (Å²) >= 11 is 1.52. The Kier molecular flexibility index (Phi) is 5.51. The first-order valence-corrected chi connectivity index (χ1v) is 7.89. The van der Waals surface area contributed by atoms with Gasteiger partial charge in [0.05, 0.1) is 0 Å². The minimum atomic E-state index is -0.0689. The highest BCUT2D eigenvalue weighted by Crippen LogP contribution is 2.13. The van der Waals surface area contributed by atoms with Crippen molar-refractivity contribution in [3.05, 3.63) is 59.7 Å². The Morgan fingerprint density at radius 2 is 1.86 bits per heavy atom. The van der Waals surface area contributed by atoms with E-state index in [4.69, 9.17) is 0 Å². The number of carbonyl (C=O) groups is 1. The van der Waals surface area contributed by atoms with E-state index in [1.165, 1.54) is 11.9 Å². The Balaban J connectivity index is 1.94. The number of carbonyl (C=O) groups excluding carboxylic acids is 1. The standard InChI is InChI=1S/C16H19N3OS/c1-17-15-5-3-4-12(10-15)11-18-16(20)13-6-8-14(9-7-13)19-21-2/h3-10,17,19H,11H2,1-2H3,(H,18,20). The lowest BCUT2D eigenvalue weighted by Crippen LogP contribution is -2.22. The summed E-state index contributed by atoms with van der Waals surface area (Å²) in [6.45, 7) is 0.513. The first-order valence-electron chi connectivity index (χ1n) is 6.67. The molecule has 0 saturated carbocycles. The maximum Gasteiger partial charge on any atom is 0.251 e. The zero-order valence-corrected chi connectivity index (χ0v) is 13.0. The first-order chi connectivity index (χ1) is 10.2. The zero-order valence-electron chi connectivity index (χ0n) is 12.1. The summed E-state index contributed by atoms with van der Waals surface area (Å²) in [4.78, 5) is 12.1. The van der Waals surface area contributed by atoms with Gasteiger partial charge in [0.2, 0.25) is 0 Å².